The molecule has 0 bridgehead atoms. The Morgan fingerprint density at radius 1 is 1.25 bits per heavy atom. The Morgan fingerprint density at radius 3 is 2.80 bits per heavy atom. The van der Waals surface area contributed by atoms with Crippen LogP contribution in [0.5, 0.6) is 5.75 Å². The van der Waals surface area contributed by atoms with Gasteiger partial charge >= 0.3 is 0 Å². The highest BCUT2D eigenvalue weighted by Gasteiger charge is 2.14. The van der Waals surface area contributed by atoms with Crippen molar-refractivity contribution in [1.29, 1.82) is 0 Å². The number of rotatable bonds is 2. The molecule has 4 nitrogen and oxygen atoms in total. The fraction of sp³-hybridized carbons (Fsp3) is 0.133. The maximum atomic E-state index is 6.03. The fourth-order valence-electron chi connectivity index (χ4n) is 2.12. The van der Waals surface area contributed by atoms with E-state index in [1.165, 1.54) is 0 Å². The summed E-state index contributed by atoms with van der Waals surface area (Å²) in [5, 5.41) is 0.633. The number of hydrogen-bond acceptors (Lipinski definition) is 4. The Labute approximate surface area is 121 Å². The first-order valence-corrected chi connectivity index (χ1v) is 6.47. The molecule has 0 radical (unpaired) electrons. The van der Waals surface area contributed by atoms with Crippen LogP contribution in [0.15, 0.2) is 34.7 Å². The standard InChI is InChI=1S/C15H13ClN2O2/c1-8-5-9(16)6-13-14(8)20-15(18-13)11-7-10(19-2)3-4-12(11)17/h3-7H,17H2,1-2H3. The van der Waals surface area contributed by atoms with Gasteiger partial charge in [0.2, 0.25) is 5.89 Å². The lowest BCUT2D eigenvalue weighted by Gasteiger charge is -2.04. The first-order chi connectivity index (χ1) is 9.58. The third-order valence-corrected chi connectivity index (χ3v) is 3.35. The second kappa shape index (κ2) is 4.72. The summed E-state index contributed by atoms with van der Waals surface area (Å²) in [6.07, 6.45) is 0. The van der Waals surface area contributed by atoms with Crippen LogP contribution < -0.4 is 10.5 Å². The van der Waals surface area contributed by atoms with Crippen LogP contribution >= 0.6 is 11.6 Å². The zero-order chi connectivity index (χ0) is 14.3. The monoisotopic (exact) mass is 288 g/mol. The number of methoxy groups -OCH3 is 1. The molecule has 2 N–H and O–H groups in total. The fourth-order valence-corrected chi connectivity index (χ4v) is 2.39. The van der Waals surface area contributed by atoms with E-state index in [0.29, 0.717) is 39.0 Å². The predicted octanol–water partition coefficient (Wildman–Crippen LogP) is 4.05. The van der Waals surface area contributed by atoms with Gasteiger partial charge in [-0.05, 0) is 42.8 Å². The number of oxazole rings is 1. The molecule has 102 valence electrons. The van der Waals surface area contributed by atoms with E-state index in [4.69, 9.17) is 26.5 Å². The van der Waals surface area contributed by atoms with Gasteiger partial charge in [-0.15, -0.1) is 0 Å². The Morgan fingerprint density at radius 2 is 2.05 bits per heavy atom. The number of nitrogens with zero attached hydrogens (tertiary/aromatic N) is 1. The van der Waals surface area contributed by atoms with Crippen LogP contribution in [0.2, 0.25) is 5.02 Å². The van der Waals surface area contributed by atoms with Gasteiger partial charge in [0.1, 0.15) is 11.3 Å². The molecular formula is C15H13ClN2O2. The molecule has 0 saturated carbocycles. The van der Waals surface area contributed by atoms with Crippen LogP contribution in [0.4, 0.5) is 5.69 Å². The Balaban J connectivity index is 2.22. The zero-order valence-electron chi connectivity index (χ0n) is 11.1. The number of nitrogen functional groups attached to an aromatic ring is 1. The van der Waals surface area contributed by atoms with Crippen molar-refractivity contribution < 1.29 is 9.15 Å². The highest BCUT2D eigenvalue weighted by Crippen LogP contribution is 2.33. The minimum atomic E-state index is 0.460. The van der Waals surface area contributed by atoms with E-state index in [1.807, 2.05) is 13.0 Å². The van der Waals surface area contributed by atoms with E-state index in [0.717, 1.165) is 5.56 Å². The van der Waals surface area contributed by atoms with Gasteiger partial charge in [-0.25, -0.2) is 4.98 Å². The topological polar surface area (TPSA) is 61.3 Å². The van der Waals surface area contributed by atoms with Crippen molar-refractivity contribution in [2.45, 2.75) is 6.92 Å². The summed E-state index contributed by atoms with van der Waals surface area (Å²) in [5.41, 5.74) is 9.64. The van der Waals surface area contributed by atoms with Crippen LogP contribution in [0.3, 0.4) is 0 Å². The number of hydrogen-bond donors (Lipinski definition) is 1. The molecule has 5 heteroatoms. The number of aromatic nitrogens is 1. The first-order valence-electron chi connectivity index (χ1n) is 6.09. The lowest BCUT2D eigenvalue weighted by molar-refractivity contribution is 0.415. The van der Waals surface area contributed by atoms with E-state index in [-0.39, 0.29) is 0 Å². The summed E-state index contributed by atoms with van der Waals surface area (Å²) in [6, 6.07) is 8.98. The van der Waals surface area contributed by atoms with Crippen LogP contribution in [0, 0.1) is 6.92 Å². The molecule has 3 rings (SSSR count). The first kappa shape index (κ1) is 12.8. The summed E-state index contributed by atoms with van der Waals surface area (Å²) in [4.78, 5) is 4.45. The number of benzene rings is 2. The molecule has 1 aromatic heterocycles. The molecule has 0 aliphatic rings. The second-order valence-corrected chi connectivity index (χ2v) is 4.98. The molecule has 0 spiro atoms. The molecule has 0 amide bonds. The molecular weight excluding hydrogens is 276 g/mol. The van der Waals surface area contributed by atoms with E-state index in [1.54, 1.807) is 31.4 Å². The van der Waals surface area contributed by atoms with Crippen LogP contribution in [-0.4, -0.2) is 12.1 Å². The van der Waals surface area contributed by atoms with Crippen LogP contribution in [0.1, 0.15) is 5.56 Å². The maximum Gasteiger partial charge on any atom is 0.229 e. The number of aryl methyl sites for hydroxylation is 1. The molecule has 0 unspecified atom stereocenters. The molecule has 1 heterocycles. The van der Waals surface area contributed by atoms with Crippen molar-refractivity contribution in [2.24, 2.45) is 0 Å². The van der Waals surface area contributed by atoms with E-state index >= 15 is 0 Å². The quantitative estimate of drug-likeness (QED) is 0.723. The molecule has 0 fully saturated rings. The average molecular weight is 289 g/mol. The summed E-state index contributed by atoms with van der Waals surface area (Å²) in [6.45, 7) is 1.93. The van der Waals surface area contributed by atoms with Crippen molar-refractivity contribution in [3.05, 3.63) is 40.9 Å². The highest BCUT2D eigenvalue weighted by molar-refractivity contribution is 6.31. The number of nitrogens with two attached hydrogens (primary N) is 1. The van der Waals surface area contributed by atoms with E-state index in [9.17, 15) is 0 Å². The van der Waals surface area contributed by atoms with Crippen molar-refractivity contribution in [2.75, 3.05) is 12.8 Å². The average Bonchev–Trinajstić information content (AvgIpc) is 2.83. The Kier molecular flexibility index (Phi) is 3.03. The summed E-state index contributed by atoms with van der Waals surface area (Å²) in [5.74, 6) is 1.16. The second-order valence-electron chi connectivity index (χ2n) is 4.54. The largest absolute Gasteiger partial charge is 0.497 e. The predicted molar refractivity (Wildman–Crippen MR) is 80.2 cm³/mol. The number of anilines is 1. The van der Waals surface area contributed by atoms with Crippen molar-refractivity contribution in [3.63, 3.8) is 0 Å². The van der Waals surface area contributed by atoms with Gasteiger partial charge in [-0.3, -0.25) is 0 Å². The number of fused-ring (bicyclic) bond motifs is 1. The molecule has 0 saturated heterocycles. The van der Waals surface area contributed by atoms with Gasteiger partial charge in [0.25, 0.3) is 0 Å². The van der Waals surface area contributed by atoms with Gasteiger partial charge < -0.3 is 14.9 Å². The smallest absolute Gasteiger partial charge is 0.229 e. The third-order valence-electron chi connectivity index (χ3n) is 3.13. The van der Waals surface area contributed by atoms with Gasteiger partial charge in [0, 0.05) is 10.7 Å². The van der Waals surface area contributed by atoms with Crippen molar-refractivity contribution in [1.82, 2.24) is 4.98 Å². The lowest BCUT2D eigenvalue weighted by atomic mass is 10.1. The molecule has 3 aromatic rings. The Hall–Kier alpha value is -2.20. The molecule has 0 aliphatic carbocycles. The molecule has 0 atom stereocenters. The third kappa shape index (κ3) is 2.08. The molecule has 20 heavy (non-hydrogen) atoms. The lowest BCUT2D eigenvalue weighted by Crippen LogP contribution is -1.91. The number of halogens is 1. The minimum absolute atomic E-state index is 0.460. The van der Waals surface area contributed by atoms with E-state index < -0.39 is 0 Å². The summed E-state index contributed by atoms with van der Waals surface area (Å²) in [7, 11) is 1.60. The maximum absolute atomic E-state index is 6.03. The van der Waals surface area contributed by atoms with Crippen molar-refractivity contribution >= 4 is 28.4 Å². The number of ether oxygens (including phenoxy) is 1. The van der Waals surface area contributed by atoms with Crippen LogP contribution in [0.25, 0.3) is 22.6 Å². The summed E-state index contributed by atoms with van der Waals surface area (Å²) < 4.78 is 11.0. The van der Waals surface area contributed by atoms with E-state index in [2.05, 4.69) is 4.98 Å². The van der Waals surface area contributed by atoms with Gasteiger partial charge in [-0.1, -0.05) is 11.6 Å². The zero-order valence-corrected chi connectivity index (χ0v) is 11.9. The highest BCUT2D eigenvalue weighted by atomic mass is 35.5. The molecule has 0 aliphatic heterocycles. The molecule has 2 aromatic carbocycles. The Bertz CT molecular complexity index is 796. The summed E-state index contributed by atoms with van der Waals surface area (Å²) >= 11 is 6.03. The normalized spacial score (nSPS) is 10.9. The van der Waals surface area contributed by atoms with Crippen molar-refractivity contribution in [3.8, 4) is 17.2 Å². The minimum Gasteiger partial charge on any atom is -0.497 e. The van der Waals surface area contributed by atoms with Crippen LogP contribution in [-0.2, 0) is 0 Å². The SMILES string of the molecule is COc1ccc(N)c(-c2nc3cc(Cl)cc(C)c3o2)c1. The van der Waals surface area contributed by atoms with Gasteiger partial charge in [0.15, 0.2) is 5.58 Å². The van der Waals surface area contributed by atoms with Gasteiger partial charge in [-0.2, -0.15) is 0 Å². The van der Waals surface area contributed by atoms with Gasteiger partial charge in [0.05, 0.1) is 12.7 Å².